The summed E-state index contributed by atoms with van der Waals surface area (Å²) in [4.78, 5) is 11.8. The summed E-state index contributed by atoms with van der Waals surface area (Å²) in [5.41, 5.74) is 7.31. The third-order valence-electron chi connectivity index (χ3n) is 5.08. The molecule has 0 saturated carbocycles. The number of hydrogen-bond donors (Lipinski definition) is 4. The number of fused-ring (bicyclic) bond motifs is 1. The zero-order valence-corrected chi connectivity index (χ0v) is 18.9. The molecule has 0 amide bonds. The maximum Gasteiger partial charge on any atom is 0.336 e. The Labute approximate surface area is 196 Å². The topological polar surface area (TPSA) is 143 Å². The smallest absolute Gasteiger partial charge is 0.336 e. The summed E-state index contributed by atoms with van der Waals surface area (Å²) in [5, 5.41) is 19.0. The van der Waals surface area contributed by atoms with Gasteiger partial charge in [0.2, 0.25) is 10.0 Å². The van der Waals surface area contributed by atoms with Crippen LogP contribution in [0.1, 0.15) is 15.9 Å². The van der Waals surface area contributed by atoms with Crippen LogP contribution >= 0.6 is 0 Å². The number of nitrogens with one attached hydrogen (secondary N) is 2. The quantitative estimate of drug-likeness (QED) is 0.226. The molecule has 0 aromatic heterocycles. The minimum absolute atomic E-state index is 0.0215. The lowest BCUT2D eigenvalue weighted by Crippen LogP contribution is -2.10. The summed E-state index contributed by atoms with van der Waals surface area (Å²) < 4.78 is 32.0. The molecule has 9 heteroatoms. The highest BCUT2D eigenvalue weighted by molar-refractivity contribution is 7.92. The summed E-state index contributed by atoms with van der Waals surface area (Å²) in [6.45, 7) is 0. The van der Waals surface area contributed by atoms with Crippen LogP contribution in [-0.2, 0) is 10.0 Å². The highest BCUT2D eigenvalue weighted by atomic mass is 32.2. The molecule has 0 saturated heterocycles. The molecule has 0 heterocycles. The van der Waals surface area contributed by atoms with Gasteiger partial charge in [-0.2, -0.15) is 0 Å². The van der Waals surface area contributed by atoms with Crippen LogP contribution in [0.2, 0.25) is 0 Å². The molecule has 4 rings (SSSR count). The molecule has 0 aliphatic heterocycles. The van der Waals surface area contributed by atoms with E-state index in [1.54, 1.807) is 48.5 Å². The molecule has 0 bridgehead atoms. The van der Waals surface area contributed by atoms with E-state index in [2.05, 4.69) is 4.72 Å². The molecule has 172 valence electrons. The van der Waals surface area contributed by atoms with Crippen molar-refractivity contribution in [1.29, 1.82) is 5.41 Å². The van der Waals surface area contributed by atoms with Crippen LogP contribution in [0.3, 0.4) is 0 Å². The van der Waals surface area contributed by atoms with Crippen LogP contribution in [0.5, 0.6) is 11.5 Å². The number of sulfonamides is 1. The number of carboxylic acids is 1. The van der Waals surface area contributed by atoms with E-state index in [1.807, 2.05) is 24.3 Å². The van der Waals surface area contributed by atoms with E-state index in [4.69, 9.17) is 15.9 Å². The Kier molecular flexibility index (Phi) is 5.95. The molecule has 5 N–H and O–H groups in total. The van der Waals surface area contributed by atoms with Crippen molar-refractivity contribution >= 4 is 38.3 Å². The van der Waals surface area contributed by atoms with Crippen molar-refractivity contribution in [2.45, 2.75) is 0 Å². The van der Waals surface area contributed by atoms with Crippen LogP contribution in [0, 0.1) is 5.41 Å². The van der Waals surface area contributed by atoms with Crippen molar-refractivity contribution in [3.8, 4) is 22.6 Å². The maximum absolute atomic E-state index is 11.8. The highest BCUT2D eigenvalue weighted by Gasteiger charge is 2.17. The predicted octanol–water partition coefficient (Wildman–Crippen LogP) is 4.65. The van der Waals surface area contributed by atoms with Gasteiger partial charge in [0.25, 0.3) is 0 Å². The minimum atomic E-state index is -3.54. The van der Waals surface area contributed by atoms with Gasteiger partial charge in [-0.15, -0.1) is 0 Å². The van der Waals surface area contributed by atoms with Crippen molar-refractivity contribution in [2.24, 2.45) is 5.73 Å². The maximum atomic E-state index is 11.8. The van der Waals surface area contributed by atoms with Crippen LogP contribution in [0.4, 0.5) is 5.69 Å². The van der Waals surface area contributed by atoms with Crippen molar-refractivity contribution in [3.63, 3.8) is 0 Å². The second-order valence-corrected chi connectivity index (χ2v) is 9.42. The second kappa shape index (κ2) is 8.87. The van der Waals surface area contributed by atoms with E-state index >= 15 is 0 Å². The molecule has 0 aliphatic carbocycles. The lowest BCUT2D eigenvalue weighted by Gasteiger charge is -2.16. The Morgan fingerprint density at radius 1 is 0.941 bits per heavy atom. The zero-order chi connectivity index (χ0) is 24.5. The van der Waals surface area contributed by atoms with Crippen LogP contribution in [0.25, 0.3) is 21.9 Å². The van der Waals surface area contributed by atoms with Crippen molar-refractivity contribution in [2.75, 3.05) is 11.0 Å². The Hall–Kier alpha value is -4.37. The molecule has 4 aromatic carbocycles. The number of nitrogens with two attached hydrogens (primary N) is 1. The number of anilines is 1. The molecule has 8 nitrogen and oxygen atoms in total. The Bertz CT molecular complexity index is 1550. The van der Waals surface area contributed by atoms with Gasteiger partial charge in [-0.1, -0.05) is 36.4 Å². The molecule has 0 aliphatic rings. The summed E-state index contributed by atoms with van der Waals surface area (Å²) in [6.07, 6.45) is 1.04. The number of hydrogen-bond acceptors (Lipinski definition) is 5. The van der Waals surface area contributed by atoms with Gasteiger partial charge in [0.1, 0.15) is 17.3 Å². The van der Waals surface area contributed by atoms with Gasteiger partial charge in [-0.3, -0.25) is 10.1 Å². The van der Waals surface area contributed by atoms with E-state index in [0.29, 0.717) is 28.2 Å². The van der Waals surface area contributed by atoms with Crippen molar-refractivity contribution in [1.82, 2.24) is 0 Å². The molecule has 0 atom stereocenters. The van der Waals surface area contributed by atoms with Crippen LogP contribution in [-0.4, -0.2) is 31.6 Å². The number of amidine groups is 1. The van der Waals surface area contributed by atoms with Crippen molar-refractivity contribution in [3.05, 3.63) is 90.0 Å². The van der Waals surface area contributed by atoms with E-state index in [0.717, 1.165) is 17.0 Å². The fraction of sp³-hybridized carbons (Fsp3) is 0.0400. The fourth-order valence-corrected chi connectivity index (χ4v) is 4.15. The van der Waals surface area contributed by atoms with Gasteiger partial charge in [0, 0.05) is 16.8 Å². The number of carbonyl (C=O) groups is 1. The predicted molar refractivity (Wildman–Crippen MR) is 132 cm³/mol. The fourth-order valence-electron chi connectivity index (χ4n) is 3.59. The second-order valence-electron chi connectivity index (χ2n) is 7.68. The molecular formula is C25H21N3O5S. The van der Waals surface area contributed by atoms with Crippen LogP contribution < -0.4 is 15.2 Å². The molecular weight excluding hydrogens is 454 g/mol. The monoisotopic (exact) mass is 475 g/mol. The van der Waals surface area contributed by atoms with Gasteiger partial charge in [0.15, 0.2) is 0 Å². The summed E-state index contributed by atoms with van der Waals surface area (Å²) in [6, 6.07) is 21.9. The van der Waals surface area contributed by atoms with E-state index in [9.17, 15) is 18.3 Å². The number of ether oxygens (including phenoxy) is 1. The first-order chi connectivity index (χ1) is 16.1. The third kappa shape index (κ3) is 5.00. The summed E-state index contributed by atoms with van der Waals surface area (Å²) in [7, 11) is -3.54. The van der Waals surface area contributed by atoms with Gasteiger partial charge >= 0.3 is 5.97 Å². The number of nitrogen functional groups attached to an aromatic ring is 1. The van der Waals surface area contributed by atoms with E-state index < -0.39 is 16.0 Å². The van der Waals surface area contributed by atoms with Gasteiger partial charge in [0.05, 0.1) is 11.8 Å². The van der Waals surface area contributed by atoms with Gasteiger partial charge in [-0.05, 0) is 58.8 Å². The zero-order valence-electron chi connectivity index (χ0n) is 18.1. The number of benzene rings is 4. The average molecular weight is 476 g/mol. The highest BCUT2D eigenvalue weighted by Crippen LogP contribution is 2.38. The molecule has 34 heavy (non-hydrogen) atoms. The summed E-state index contributed by atoms with van der Waals surface area (Å²) in [5.74, 6) is -0.282. The molecule has 0 radical (unpaired) electrons. The lowest BCUT2D eigenvalue weighted by molar-refractivity contribution is 0.0697. The van der Waals surface area contributed by atoms with E-state index in [1.165, 1.54) is 6.07 Å². The Morgan fingerprint density at radius 2 is 1.65 bits per heavy atom. The molecule has 4 aromatic rings. The number of aromatic carboxylic acids is 1. The van der Waals surface area contributed by atoms with Gasteiger partial charge < -0.3 is 15.6 Å². The molecule has 0 spiro atoms. The first-order valence-corrected chi connectivity index (χ1v) is 12.0. The van der Waals surface area contributed by atoms with Crippen LogP contribution in [0.15, 0.2) is 78.9 Å². The lowest BCUT2D eigenvalue weighted by atomic mass is 9.98. The first kappa shape index (κ1) is 22.8. The van der Waals surface area contributed by atoms with E-state index in [-0.39, 0.29) is 17.1 Å². The normalized spacial score (nSPS) is 11.2. The average Bonchev–Trinajstić information content (AvgIpc) is 2.78. The SMILES string of the molecule is CS(=O)(=O)Nc1ccc(Oc2ccc3cc(C(=N)N)ccc3c2)c(-c2ccccc2C(=O)O)c1. The van der Waals surface area contributed by atoms with Crippen molar-refractivity contribution < 1.29 is 23.1 Å². The molecule has 0 unspecified atom stereocenters. The first-order valence-electron chi connectivity index (χ1n) is 10.1. The summed E-state index contributed by atoms with van der Waals surface area (Å²) >= 11 is 0. The standard InChI is InChI=1S/C25H21N3O5S/c1-34(31,32)28-18-9-11-23(22(14-18)20-4-2-3-5-21(20)25(29)30)33-19-10-8-15-12-17(24(26)27)7-6-16(15)13-19/h2-14,28H,1H3,(H3,26,27)(H,29,30). The number of carboxylic acid groups (broad SMARTS) is 1. The molecule has 0 fully saturated rings. The minimum Gasteiger partial charge on any atom is -0.478 e. The Morgan fingerprint density at radius 3 is 2.35 bits per heavy atom. The van der Waals surface area contributed by atoms with Gasteiger partial charge in [-0.25, -0.2) is 13.2 Å². The number of rotatable bonds is 7. The third-order valence-corrected chi connectivity index (χ3v) is 5.69. The largest absolute Gasteiger partial charge is 0.478 e. The Balaban J connectivity index is 1.80.